The Morgan fingerprint density at radius 3 is 2.21 bits per heavy atom. The summed E-state index contributed by atoms with van der Waals surface area (Å²) < 4.78 is 29.4. The van der Waals surface area contributed by atoms with Gasteiger partial charge in [0, 0.05) is 17.6 Å². The molecule has 2 amide bonds. The Balaban J connectivity index is 1.97. The molecule has 0 bridgehead atoms. The molecule has 0 aromatic heterocycles. The Labute approximate surface area is 240 Å². The van der Waals surface area contributed by atoms with Gasteiger partial charge in [-0.25, -0.2) is 8.42 Å². The fourth-order valence-corrected chi connectivity index (χ4v) is 6.10. The molecule has 208 valence electrons. The van der Waals surface area contributed by atoms with E-state index in [1.807, 2.05) is 44.2 Å². The van der Waals surface area contributed by atoms with Gasteiger partial charge in [0.05, 0.1) is 10.6 Å². The predicted octanol–water partition coefficient (Wildman–Crippen LogP) is 5.41. The molecule has 0 spiro atoms. The van der Waals surface area contributed by atoms with Crippen molar-refractivity contribution in [1.82, 2.24) is 10.2 Å². The summed E-state index contributed by atoms with van der Waals surface area (Å²) in [6, 6.07) is 23.9. The van der Waals surface area contributed by atoms with E-state index in [2.05, 4.69) is 21.2 Å². The summed E-state index contributed by atoms with van der Waals surface area (Å²) in [6.07, 6.45) is 2.72. The Bertz CT molecular complexity index is 1320. The van der Waals surface area contributed by atoms with E-state index in [1.165, 1.54) is 17.0 Å². The predicted molar refractivity (Wildman–Crippen MR) is 159 cm³/mol. The van der Waals surface area contributed by atoms with Crippen LogP contribution in [-0.4, -0.2) is 50.8 Å². The highest BCUT2D eigenvalue weighted by molar-refractivity contribution is 9.10. The molecule has 1 unspecified atom stereocenters. The van der Waals surface area contributed by atoms with Gasteiger partial charge in [-0.05, 0) is 55.2 Å². The first-order chi connectivity index (χ1) is 18.8. The van der Waals surface area contributed by atoms with E-state index >= 15 is 0 Å². The molecular weight excluding hydrogens is 578 g/mol. The molecule has 39 heavy (non-hydrogen) atoms. The number of sulfonamides is 1. The van der Waals surface area contributed by atoms with Gasteiger partial charge in [-0.15, -0.1) is 0 Å². The highest BCUT2D eigenvalue weighted by Gasteiger charge is 2.33. The van der Waals surface area contributed by atoms with E-state index in [4.69, 9.17) is 0 Å². The molecular formula is C30H36BrN3O4S. The third kappa shape index (κ3) is 8.41. The molecule has 0 saturated heterocycles. The van der Waals surface area contributed by atoms with Gasteiger partial charge in [-0.2, -0.15) is 0 Å². The second-order valence-electron chi connectivity index (χ2n) is 9.20. The lowest BCUT2D eigenvalue weighted by molar-refractivity contribution is -0.139. The number of rotatable bonds is 14. The van der Waals surface area contributed by atoms with Crippen molar-refractivity contribution in [3.8, 4) is 0 Å². The lowest BCUT2D eigenvalue weighted by Gasteiger charge is -2.33. The minimum absolute atomic E-state index is 0.0814. The molecule has 1 atom stereocenters. The first-order valence-corrected chi connectivity index (χ1v) is 15.5. The van der Waals surface area contributed by atoms with Crippen molar-refractivity contribution in [2.24, 2.45) is 0 Å². The lowest BCUT2D eigenvalue weighted by atomic mass is 10.1. The molecule has 0 saturated carbocycles. The van der Waals surface area contributed by atoms with E-state index < -0.39 is 28.5 Å². The second kappa shape index (κ2) is 14.8. The van der Waals surface area contributed by atoms with Crippen molar-refractivity contribution >= 4 is 43.5 Å². The topological polar surface area (TPSA) is 86.8 Å². The SMILES string of the molecule is CCCCNC(=O)C(CC)N(CCc1ccccc1)C(=O)CN(c1cccc(Br)c1)S(=O)(=O)c1ccccc1. The van der Waals surface area contributed by atoms with Gasteiger partial charge in [0.2, 0.25) is 11.8 Å². The molecule has 0 aliphatic heterocycles. The molecule has 0 radical (unpaired) electrons. The van der Waals surface area contributed by atoms with E-state index in [1.54, 1.807) is 42.5 Å². The first-order valence-electron chi connectivity index (χ1n) is 13.2. The standard InChI is InChI=1S/C30H36BrN3O4S/c1-3-5-20-32-30(36)28(4-2)33(21-19-24-13-8-6-9-14-24)29(35)23-34(26-16-12-15-25(31)22-26)39(37,38)27-17-10-7-11-18-27/h6-18,22,28H,3-5,19-21,23H2,1-2H3,(H,32,36). The number of benzene rings is 3. The zero-order valence-corrected chi connectivity index (χ0v) is 24.8. The van der Waals surface area contributed by atoms with Crippen LogP contribution < -0.4 is 9.62 Å². The number of anilines is 1. The molecule has 1 N–H and O–H groups in total. The van der Waals surface area contributed by atoms with E-state index in [0.717, 1.165) is 22.7 Å². The van der Waals surface area contributed by atoms with Gasteiger partial charge in [0.25, 0.3) is 10.0 Å². The fraction of sp³-hybridized carbons (Fsp3) is 0.333. The molecule has 3 rings (SSSR count). The zero-order valence-electron chi connectivity index (χ0n) is 22.4. The van der Waals surface area contributed by atoms with Crippen molar-refractivity contribution in [1.29, 1.82) is 0 Å². The van der Waals surface area contributed by atoms with Gasteiger partial charge in [0.15, 0.2) is 0 Å². The monoisotopic (exact) mass is 613 g/mol. The van der Waals surface area contributed by atoms with E-state index in [0.29, 0.717) is 29.5 Å². The number of unbranched alkanes of at least 4 members (excludes halogenated alkanes) is 1. The Hall–Kier alpha value is -3.17. The lowest BCUT2D eigenvalue weighted by Crippen LogP contribution is -2.53. The van der Waals surface area contributed by atoms with Crippen molar-refractivity contribution in [2.45, 2.75) is 50.5 Å². The summed E-state index contributed by atoms with van der Waals surface area (Å²) in [5.41, 5.74) is 1.38. The summed E-state index contributed by atoms with van der Waals surface area (Å²) in [7, 11) is -4.07. The Morgan fingerprint density at radius 1 is 0.923 bits per heavy atom. The average molecular weight is 615 g/mol. The third-order valence-corrected chi connectivity index (χ3v) is 8.69. The first kappa shape index (κ1) is 30.4. The largest absolute Gasteiger partial charge is 0.354 e. The maximum absolute atomic E-state index is 14.0. The van der Waals surface area contributed by atoms with Crippen LogP contribution in [0.25, 0.3) is 0 Å². The number of hydrogen-bond acceptors (Lipinski definition) is 4. The molecule has 7 nitrogen and oxygen atoms in total. The summed E-state index contributed by atoms with van der Waals surface area (Å²) >= 11 is 3.41. The van der Waals surface area contributed by atoms with Crippen LogP contribution in [-0.2, 0) is 26.0 Å². The van der Waals surface area contributed by atoms with Crippen LogP contribution in [0, 0.1) is 0 Å². The molecule has 3 aromatic carbocycles. The highest BCUT2D eigenvalue weighted by Crippen LogP contribution is 2.27. The van der Waals surface area contributed by atoms with Gasteiger partial charge in [-0.1, -0.05) is 90.8 Å². The van der Waals surface area contributed by atoms with Crippen LogP contribution in [0.2, 0.25) is 0 Å². The minimum atomic E-state index is -4.07. The second-order valence-corrected chi connectivity index (χ2v) is 12.0. The molecule has 0 aliphatic carbocycles. The maximum atomic E-state index is 14.0. The van der Waals surface area contributed by atoms with Crippen LogP contribution in [0.15, 0.2) is 94.3 Å². The van der Waals surface area contributed by atoms with Gasteiger partial charge in [0.1, 0.15) is 12.6 Å². The quantitative estimate of drug-likeness (QED) is 0.246. The van der Waals surface area contributed by atoms with Crippen LogP contribution in [0.1, 0.15) is 38.7 Å². The highest BCUT2D eigenvalue weighted by atomic mass is 79.9. The molecule has 0 aliphatic rings. The number of halogens is 1. The number of hydrogen-bond donors (Lipinski definition) is 1. The molecule has 0 heterocycles. The summed E-state index contributed by atoms with van der Waals surface area (Å²) in [5, 5.41) is 2.95. The van der Waals surface area contributed by atoms with Crippen molar-refractivity contribution < 1.29 is 18.0 Å². The molecule has 3 aromatic rings. The zero-order chi connectivity index (χ0) is 28.3. The summed E-state index contributed by atoms with van der Waals surface area (Å²) in [5.74, 6) is -0.671. The molecule has 9 heteroatoms. The average Bonchev–Trinajstić information content (AvgIpc) is 2.94. The van der Waals surface area contributed by atoms with Crippen LogP contribution in [0.4, 0.5) is 5.69 Å². The number of nitrogens with one attached hydrogen (secondary N) is 1. The van der Waals surface area contributed by atoms with E-state index in [9.17, 15) is 18.0 Å². The maximum Gasteiger partial charge on any atom is 0.264 e. The Kier molecular flexibility index (Phi) is 11.6. The smallest absolute Gasteiger partial charge is 0.264 e. The normalized spacial score (nSPS) is 12.0. The number of carbonyl (C=O) groups excluding carboxylic acids is 2. The Morgan fingerprint density at radius 2 is 1.59 bits per heavy atom. The fourth-order valence-electron chi connectivity index (χ4n) is 4.28. The van der Waals surface area contributed by atoms with Crippen molar-refractivity contribution in [2.75, 3.05) is 23.9 Å². The minimum Gasteiger partial charge on any atom is -0.354 e. The van der Waals surface area contributed by atoms with Crippen LogP contribution in [0.5, 0.6) is 0 Å². The number of carbonyl (C=O) groups is 2. The van der Waals surface area contributed by atoms with Crippen molar-refractivity contribution in [3.63, 3.8) is 0 Å². The van der Waals surface area contributed by atoms with Crippen LogP contribution in [0.3, 0.4) is 0 Å². The van der Waals surface area contributed by atoms with E-state index in [-0.39, 0.29) is 17.3 Å². The molecule has 0 fully saturated rings. The number of nitrogens with zero attached hydrogens (tertiary/aromatic N) is 2. The van der Waals surface area contributed by atoms with Gasteiger partial charge < -0.3 is 10.2 Å². The van der Waals surface area contributed by atoms with Crippen molar-refractivity contribution in [3.05, 3.63) is 95.0 Å². The summed E-state index contributed by atoms with van der Waals surface area (Å²) in [4.78, 5) is 28.8. The van der Waals surface area contributed by atoms with Crippen LogP contribution >= 0.6 is 15.9 Å². The van der Waals surface area contributed by atoms with Gasteiger partial charge in [-0.3, -0.25) is 13.9 Å². The van der Waals surface area contributed by atoms with Gasteiger partial charge >= 0.3 is 0 Å². The third-order valence-electron chi connectivity index (χ3n) is 6.41. The summed E-state index contributed by atoms with van der Waals surface area (Å²) in [6.45, 7) is 4.27. The number of amides is 2.